The van der Waals surface area contributed by atoms with Gasteiger partial charge >= 0.3 is 0 Å². The van der Waals surface area contributed by atoms with E-state index in [2.05, 4.69) is 255 Å². The number of para-hydroxylation sites is 1. The molecule has 2 nitrogen and oxygen atoms in total. The van der Waals surface area contributed by atoms with E-state index >= 15 is 0 Å². The fraction of sp³-hybridized carbons (Fsp3) is 0.0938. The smallest absolute Gasteiger partial charge is 0.132 e. The molecule has 2 unspecified atom stereocenters. The molecule has 0 bridgehead atoms. The summed E-state index contributed by atoms with van der Waals surface area (Å²) in [6, 6.07) is 78.8. The summed E-state index contributed by atoms with van der Waals surface area (Å²) in [5, 5.41) is 0. The minimum absolute atomic E-state index is 0.0477. The van der Waals surface area contributed by atoms with E-state index in [0.29, 0.717) is 0 Å². The first kappa shape index (κ1) is 38.5. The zero-order valence-corrected chi connectivity index (χ0v) is 37.0. The second-order valence-corrected chi connectivity index (χ2v) is 18.7. The van der Waals surface area contributed by atoms with Crippen molar-refractivity contribution in [2.45, 2.75) is 36.7 Å². The number of ether oxygens (including phenoxy) is 1. The van der Waals surface area contributed by atoms with Crippen molar-refractivity contribution >= 4 is 17.1 Å². The molecule has 0 saturated carbocycles. The maximum absolute atomic E-state index is 6.57. The van der Waals surface area contributed by atoms with Gasteiger partial charge in [0.25, 0.3) is 0 Å². The van der Waals surface area contributed by atoms with Crippen LogP contribution in [0.1, 0.15) is 58.7 Å². The first-order valence-electron chi connectivity index (χ1n) is 23.2. The fourth-order valence-electron chi connectivity index (χ4n) is 11.8. The van der Waals surface area contributed by atoms with Crippen molar-refractivity contribution in [2.24, 2.45) is 0 Å². The van der Waals surface area contributed by atoms with Crippen LogP contribution in [0.2, 0.25) is 0 Å². The van der Waals surface area contributed by atoms with Crippen LogP contribution < -0.4 is 9.64 Å². The Morgan fingerprint density at radius 1 is 0.379 bits per heavy atom. The Bertz CT molecular complexity index is 3360. The van der Waals surface area contributed by atoms with Gasteiger partial charge in [-0.15, -0.1) is 0 Å². The van der Waals surface area contributed by atoms with Crippen molar-refractivity contribution in [3.8, 4) is 50.3 Å². The number of rotatable bonds is 6. The molecular formula is C64H47NO. The van der Waals surface area contributed by atoms with Crippen molar-refractivity contribution < 1.29 is 4.74 Å². The molecule has 0 amide bonds. The van der Waals surface area contributed by atoms with E-state index in [1.54, 1.807) is 0 Å². The highest BCUT2D eigenvalue weighted by Gasteiger charge is 2.53. The van der Waals surface area contributed by atoms with Gasteiger partial charge in [0.05, 0.1) is 5.41 Å². The van der Waals surface area contributed by atoms with Crippen LogP contribution >= 0.6 is 0 Å². The number of hydrogen-bond donors (Lipinski definition) is 0. The molecule has 1 aliphatic heterocycles. The van der Waals surface area contributed by atoms with Gasteiger partial charge in [0.15, 0.2) is 0 Å². The largest absolute Gasteiger partial charge is 0.484 e. The van der Waals surface area contributed by atoms with Crippen LogP contribution in [0.4, 0.5) is 17.1 Å². The van der Waals surface area contributed by atoms with Crippen LogP contribution in [-0.4, -0.2) is 6.10 Å². The number of nitrogens with zero attached hydrogens (tertiary/aromatic N) is 1. The second-order valence-electron chi connectivity index (χ2n) is 18.7. The number of fused-ring (bicyclic) bond motifs is 12. The quantitative estimate of drug-likeness (QED) is 0.165. The maximum Gasteiger partial charge on any atom is 0.132 e. The summed E-state index contributed by atoms with van der Waals surface area (Å²) < 4.78 is 6.57. The third-order valence-electron chi connectivity index (χ3n) is 14.9. The molecule has 9 aromatic carbocycles. The van der Waals surface area contributed by atoms with Gasteiger partial charge in [-0.3, -0.25) is 0 Å². The van der Waals surface area contributed by atoms with Gasteiger partial charge in [-0.05, 0) is 121 Å². The van der Waals surface area contributed by atoms with Crippen LogP contribution in [0.25, 0.3) is 44.5 Å². The summed E-state index contributed by atoms with van der Waals surface area (Å²) in [4.78, 5) is 2.36. The van der Waals surface area contributed by atoms with Crippen molar-refractivity contribution in [1.29, 1.82) is 0 Å². The lowest BCUT2D eigenvalue weighted by atomic mass is 9.55. The van der Waals surface area contributed by atoms with Gasteiger partial charge < -0.3 is 9.64 Å². The average Bonchev–Trinajstić information content (AvgIpc) is 3.91. The zero-order chi connectivity index (χ0) is 44.0. The molecule has 0 fully saturated rings. The Morgan fingerprint density at radius 2 is 0.864 bits per heavy atom. The first-order valence-corrected chi connectivity index (χ1v) is 23.2. The highest BCUT2D eigenvalue weighted by molar-refractivity contribution is 5.91. The molecule has 2 heteroatoms. The first-order chi connectivity index (χ1) is 32.5. The van der Waals surface area contributed by atoms with Crippen LogP contribution in [0.15, 0.2) is 237 Å². The van der Waals surface area contributed by atoms with Gasteiger partial charge in [0.1, 0.15) is 11.9 Å². The highest BCUT2D eigenvalue weighted by atomic mass is 16.5. The standard InChI is InChI=1S/C64H47NO/c1-63(2)57-22-9-11-24-59(57)64(60-25-12-10-23-58(60)63)55-21-8-6-17-51(55)54-41-46(33-40-56(54)64)44-29-36-48(37-30-44)65(47-34-27-43(28-35-47)42-15-4-3-5-16-42)49-38-31-45(32-39-49)50-19-14-20-53-52-18-7-13-26-61(52)66-62(50)53/h3-41,52,61H,1-2H3. The average molecular weight is 846 g/mol. The molecule has 0 N–H and O–H groups in total. The predicted molar refractivity (Wildman–Crippen MR) is 272 cm³/mol. The van der Waals surface area contributed by atoms with Gasteiger partial charge in [-0.2, -0.15) is 0 Å². The molecule has 0 aromatic heterocycles. The third kappa shape index (κ3) is 5.67. The van der Waals surface area contributed by atoms with Crippen molar-refractivity contribution in [3.63, 3.8) is 0 Å². The molecular weight excluding hydrogens is 799 g/mol. The molecule has 66 heavy (non-hydrogen) atoms. The number of anilines is 3. The Balaban J connectivity index is 0.892. The van der Waals surface area contributed by atoms with Gasteiger partial charge in [0, 0.05) is 39.5 Å². The lowest BCUT2D eigenvalue weighted by Gasteiger charge is -2.46. The summed E-state index contributed by atoms with van der Waals surface area (Å²) in [5.74, 6) is 1.24. The van der Waals surface area contributed by atoms with E-state index in [9.17, 15) is 0 Å². The molecule has 9 aromatic rings. The summed E-state index contributed by atoms with van der Waals surface area (Å²) in [6.07, 6.45) is 8.68. The maximum atomic E-state index is 6.57. The van der Waals surface area contributed by atoms with Crippen LogP contribution in [-0.2, 0) is 10.8 Å². The van der Waals surface area contributed by atoms with E-state index in [1.807, 2.05) is 0 Å². The molecule has 0 radical (unpaired) electrons. The second kappa shape index (κ2) is 14.8. The minimum Gasteiger partial charge on any atom is -0.484 e. The Morgan fingerprint density at radius 3 is 1.52 bits per heavy atom. The number of allylic oxidation sites excluding steroid dienone is 2. The Labute approximate surface area is 387 Å². The molecule has 1 heterocycles. The molecule has 314 valence electrons. The van der Waals surface area contributed by atoms with Crippen molar-refractivity contribution in [1.82, 2.24) is 0 Å². The minimum atomic E-state index is -0.399. The van der Waals surface area contributed by atoms with E-state index < -0.39 is 5.41 Å². The lowest BCUT2D eigenvalue weighted by molar-refractivity contribution is 0.270. The monoisotopic (exact) mass is 845 g/mol. The van der Waals surface area contributed by atoms with Crippen LogP contribution in [0.5, 0.6) is 5.75 Å². The van der Waals surface area contributed by atoms with Crippen molar-refractivity contribution in [2.75, 3.05) is 4.90 Å². The van der Waals surface area contributed by atoms with E-state index in [4.69, 9.17) is 4.74 Å². The molecule has 13 rings (SSSR count). The summed E-state index contributed by atoms with van der Waals surface area (Å²) in [5.41, 5.74) is 21.9. The topological polar surface area (TPSA) is 12.5 Å². The normalized spacial score (nSPS) is 17.2. The molecule has 0 saturated heterocycles. The van der Waals surface area contributed by atoms with Crippen LogP contribution in [0, 0.1) is 0 Å². The van der Waals surface area contributed by atoms with E-state index in [0.717, 1.165) is 33.9 Å². The Hall–Kier alpha value is -7.94. The SMILES string of the molecule is CC1(C)c2ccccc2C2(c3ccccc3-c3cc(-c4ccc(N(c5ccc(-c6ccccc6)cc5)c5ccc(-c6cccc7c6OC6C=CC=CC76)cc5)cc4)ccc32)c2ccccc21. The number of hydrogen-bond acceptors (Lipinski definition) is 2. The van der Waals surface area contributed by atoms with Gasteiger partial charge in [-0.25, -0.2) is 0 Å². The van der Waals surface area contributed by atoms with E-state index in [-0.39, 0.29) is 17.4 Å². The molecule has 2 atom stereocenters. The summed E-state index contributed by atoms with van der Waals surface area (Å²) in [7, 11) is 0. The molecule has 3 aliphatic carbocycles. The molecule has 1 spiro atoms. The predicted octanol–water partition coefficient (Wildman–Crippen LogP) is 16.1. The summed E-state index contributed by atoms with van der Waals surface area (Å²) >= 11 is 0. The fourth-order valence-corrected chi connectivity index (χ4v) is 11.8. The molecule has 4 aliphatic rings. The van der Waals surface area contributed by atoms with E-state index in [1.165, 1.54) is 72.3 Å². The van der Waals surface area contributed by atoms with Crippen LogP contribution in [0.3, 0.4) is 0 Å². The number of benzene rings is 9. The highest BCUT2D eigenvalue weighted by Crippen LogP contribution is 2.62. The Kier molecular flexibility index (Phi) is 8.64. The summed E-state index contributed by atoms with van der Waals surface area (Å²) in [6.45, 7) is 4.77. The van der Waals surface area contributed by atoms with Gasteiger partial charge in [0.2, 0.25) is 0 Å². The van der Waals surface area contributed by atoms with Gasteiger partial charge in [-0.1, -0.05) is 202 Å². The van der Waals surface area contributed by atoms with Crippen molar-refractivity contribution in [3.05, 3.63) is 276 Å². The zero-order valence-electron chi connectivity index (χ0n) is 37.0. The lowest BCUT2D eigenvalue weighted by Crippen LogP contribution is -2.40. The third-order valence-corrected chi connectivity index (χ3v) is 14.9.